The van der Waals surface area contributed by atoms with Gasteiger partial charge in [0.2, 0.25) is 0 Å². The Morgan fingerprint density at radius 3 is 2.82 bits per heavy atom. The molecule has 1 heterocycles. The maximum Gasteiger partial charge on any atom is 0.261 e. The molecule has 1 rings (SSSR count). The Hall–Kier alpha value is -1.37. The van der Waals surface area contributed by atoms with E-state index in [1.807, 2.05) is 0 Å². The number of halogens is 3. The smallest absolute Gasteiger partial charge is 0.261 e. The van der Waals surface area contributed by atoms with Crippen LogP contribution in [0.1, 0.15) is 12.6 Å². The van der Waals surface area contributed by atoms with Crippen LogP contribution in [0.25, 0.3) is 0 Å². The molecule has 4 nitrogen and oxygen atoms in total. The van der Waals surface area contributed by atoms with Gasteiger partial charge in [-0.05, 0) is 6.42 Å². The maximum atomic E-state index is 13.6. The first-order valence-electron chi connectivity index (χ1n) is 5.24. The highest BCUT2D eigenvalue weighted by Crippen LogP contribution is 2.12. The van der Waals surface area contributed by atoms with E-state index in [9.17, 15) is 13.2 Å². The number of hydrogen-bond donors (Lipinski definition) is 1. The second kappa shape index (κ2) is 7.05. The summed E-state index contributed by atoms with van der Waals surface area (Å²) in [4.78, 5) is 7.49. The van der Waals surface area contributed by atoms with Crippen LogP contribution in [0.4, 0.5) is 19.0 Å². The molecule has 0 radical (unpaired) electrons. The van der Waals surface area contributed by atoms with Gasteiger partial charge >= 0.3 is 0 Å². The summed E-state index contributed by atoms with van der Waals surface area (Å²) >= 11 is 0. The fourth-order valence-corrected chi connectivity index (χ4v) is 1.19. The number of rotatable bonds is 7. The molecule has 0 unspecified atom stereocenters. The zero-order chi connectivity index (χ0) is 12.7. The van der Waals surface area contributed by atoms with Gasteiger partial charge in [0.15, 0.2) is 11.6 Å². The molecule has 1 N–H and O–H groups in total. The number of alkyl halides is 2. The molecule has 0 fully saturated rings. The van der Waals surface area contributed by atoms with Crippen molar-refractivity contribution >= 4 is 5.82 Å². The lowest BCUT2D eigenvalue weighted by Gasteiger charge is -2.08. The van der Waals surface area contributed by atoms with E-state index in [0.717, 1.165) is 0 Å². The summed E-state index contributed by atoms with van der Waals surface area (Å²) in [7, 11) is 0. The van der Waals surface area contributed by atoms with E-state index in [2.05, 4.69) is 20.0 Å². The molecular weight excluding hydrogens is 235 g/mol. The van der Waals surface area contributed by atoms with E-state index < -0.39 is 18.8 Å². The van der Waals surface area contributed by atoms with E-state index in [4.69, 9.17) is 0 Å². The van der Waals surface area contributed by atoms with Gasteiger partial charge in [0, 0.05) is 6.54 Å². The van der Waals surface area contributed by atoms with Gasteiger partial charge < -0.3 is 10.1 Å². The zero-order valence-electron chi connectivity index (χ0n) is 9.42. The van der Waals surface area contributed by atoms with Crippen molar-refractivity contribution in [2.24, 2.45) is 0 Å². The number of aryl methyl sites for hydroxylation is 1. The van der Waals surface area contributed by atoms with Crippen LogP contribution in [0, 0.1) is 5.82 Å². The van der Waals surface area contributed by atoms with Gasteiger partial charge in [-0.1, -0.05) is 6.92 Å². The second-order valence-electron chi connectivity index (χ2n) is 3.23. The molecule has 0 aliphatic heterocycles. The van der Waals surface area contributed by atoms with Crippen LogP contribution in [0.5, 0.6) is 0 Å². The minimum Gasteiger partial charge on any atom is -0.374 e. The molecule has 0 aliphatic rings. The van der Waals surface area contributed by atoms with Crippen LogP contribution in [0.2, 0.25) is 0 Å². The zero-order valence-corrected chi connectivity index (χ0v) is 9.42. The molecule has 0 saturated heterocycles. The van der Waals surface area contributed by atoms with E-state index >= 15 is 0 Å². The van der Waals surface area contributed by atoms with Gasteiger partial charge in [-0.2, -0.15) is 0 Å². The van der Waals surface area contributed by atoms with Crippen LogP contribution in [-0.4, -0.2) is 36.2 Å². The molecular formula is C10H14F3N3O. The minimum absolute atomic E-state index is 0.0647. The number of anilines is 1. The van der Waals surface area contributed by atoms with E-state index in [1.54, 1.807) is 6.92 Å². The fraction of sp³-hybridized carbons (Fsp3) is 0.600. The van der Waals surface area contributed by atoms with Crippen molar-refractivity contribution < 1.29 is 17.9 Å². The third kappa shape index (κ3) is 4.56. The Bertz CT molecular complexity index is 350. The molecule has 1 aromatic heterocycles. The summed E-state index contributed by atoms with van der Waals surface area (Å²) in [5, 5.41) is 2.67. The fourth-order valence-electron chi connectivity index (χ4n) is 1.19. The summed E-state index contributed by atoms with van der Waals surface area (Å²) in [6.45, 7) is 1.44. The van der Waals surface area contributed by atoms with Crippen molar-refractivity contribution in [2.75, 3.05) is 25.1 Å². The van der Waals surface area contributed by atoms with Gasteiger partial charge in [0.25, 0.3) is 6.43 Å². The van der Waals surface area contributed by atoms with Crippen LogP contribution >= 0.6 is 0 Å². The van der Waals surface area contributed by atoms with Gasteiger partial charge in [-0.25, -0.2) is 23.1 Å². The normalized spacial score (nSPS) is 10.9. The van der Waals surface area contributed by atoms with Crippen molar-refractivity contribution in [3.8, 4) is 0 Å². The van der Waals surface area contributed by atoms with Crippen LogP contribution in [0.3, 0.4) is 0 Å². The predicted molar refractivity (Wildman–Crippen MR) is 56.7 cm³/mol. The van der Waals surface area contributed by atoms with E-state index in [0.29, 0.717) is 12.1 Å². The standard InChI is InChI=1S/C10H14F3N3O/c1-2-7-9(13)10(16-6-15-7)14-3-4-17-5-8(11)12/h6,8H,2-5H2,1H3,(H,14,15,16). The third-order valence-corrected chi connectivity index (χ3v) is 1.98. The largest absolute Gasteiger partial charge is 0.374 e. The van der Waals surface area contributed by atoms with Crippen molar-refractivity contribution in [1.82, 2.24) is 9.97 Å². The van der Waals surface area contributed by atoms with Gasteiger partial charge in [-0.3, -0.25) is 0 Å². The van der Waals surface area contributed by atoms with Gasteiger partial charge in [0.05, 0.1) is 12.3 Å². The van der Waals surface area contributed by atoms with Crippen molar-refractivity contribution in [3.63, 3.8) is 0 Å². The molecule has 0 spiro atoms. The topological polar surface area (TPSA) is 47.0 Å². The van der Waals surface area contributed by atoms with Crippen LogP contribution < -0.4 is 5.32 Å². The SMILES string of the molecule is CCc1ncnc(NCCOCC(F)F)c1F. The summed E-state index contributed by atoms with van der Waals surface area (Å²) in [5.41, 5.74) is 0.316. The average Bonchev–Trinajstić information content (AvgIpc) is 2.30. The first-order chi connectivity index (χ1) is 8.15. The second-order valence-corrected chi connectivity index (χ2v) is 3.23. The van der Waals surface area contributed by atoms with E-state index in [-0.39, 0.29) is 19.0 Å². The van der Waals surface area contributed by atoms with Crippen molar-refractivity contribution in [3.05, 3.63) is 17.8 Å². The predicted octanol–water partition coefficient (Wildman–Crippen LogP) is 1.87. The maximum absolute atomic E-state index is 13.6. The molecule has 0 atom stereocenters. The molecule has 0 aromatic carbocycles. The highest BCUT2D eigenvalue weighted by atomic mass is 19.3. The Labute approximate surface area is 97.2 Å². The molecule has 0 bridgehead atoms. The van der Waals surface area contributed by atoms with Gasteiger partial charge in [-0.15, -0.1) is 0 Å². The lowest BCUT2D eigenvalue weighted by Crippen LogP contribution is -2.15. The van der Waals surface area contributed by atoms with E-state index in [1.165, 1.54) is 6.33 Å². The molecule has 0 saturated carbocycles. The van der Waals surface area contributed by atoms with Crippen LogP contribution in [0.15, 0.2) is 6.33 Å². The van der Waals surface area contributed by atoms with Crippen molar-refractivity contribution in [1.29, 1.82) is 0 Å². The Morgan fingerprint density at radius 1 is 1.41 bits per heavy atom. The number of nitrogens with zero attached hydrogens (tertiary/aromatic N) is 2. The monoisotopic (exact) mass is 249 g/mol. The first-order valence-corrected chi connectivity index (χ1v) is 5.24. The lowest BCUT2D eigenvalue weighted by atomic mass is 10.3. The summed E-state index contributed by atoms with van der Waals surface area (Å²) < 4.78 is 41.6. The quantitative estimate of drug-likeness (QED) is 0.749. The molecule has 0 amide bonds. The summed E-state index contributed by atoms with van der Waals surface area (Å²) in [5.74, 6) is -0.443. The van der Waals surface area contributed by atoms with Crippen molar-refractivity contribution in [2.45, 2.75) is 19.8 Å². The summed E-state index contributed by atoms with van der Waals surface area (Å²) in [6.07, 6.45) is -0.771. The molecule has 17 heavy (non-hydrogen) atoms. The highest BCUT2D eigenvalue weighted by molar-refractivity contribution is 5.37. The first kappa shape index (κ1) is 13.7. The lowest BCUT2D eigenvalue weighted by molar-refractivity contribution is 0.0214. The number of nitrogens with one attached hydrogen (secondary N) is 1. The Kier molecular flexibility index (Phi) is 5.68. The molecule has 96 valence electrons. The summed E-state index contributed by atoms with van der Waals surface area (Å²) in [6, 6.07) is 0. The molecule has 1 aromatic rings. The number of hydrogen-bond acceptors (Lipinski definition) is 4. The molecule has 0 aliphatic carbocycles. The minimum atomic E-state index is -2.49. The Morgan fingerprint density at radius 2 is 2.18 bits per heavy atom. The number of aromatic nitrogens is 2. The Balaban J connectivity index is 2.36. The average molecular weight is 249 g/mol. The molecule has 7 heteroatoms. The van der Waals surface area contributed by atoms with Crippen LogP contribution in [-0.2, 0) is 11.2 Å². The van der Waals surface area contributed by atoms with Gasteiger partial charge in [0.1, 0.15) is 12.9 Å². The number of ether oxygens (including phenoxy) is 1. The third-order valence-electron chi connectivity index (χ3n) is 1.98. The highest BCUT2D eigenvalue weighted by Gasteiger charge is 2.08.